The van der Waals surface area contributed by atoms with E-state index in [0.717, 1.165) is 22.4 Å². The molecule has 0 saturated heterocycles. The fraction of sp³-hybridized carbons (Fsp3) is 0.100. The van der Waals surface area contributed by atoms with E-state index in [9.17, 15) is 9.18 Å². The van der Waals surface area contributed by atoms with Crippen LogP contribution in [-0.2, 0) is 6.42 Å². The van der Waals surface area contributed by atoms with Crippen molar-refractivity contribution in [1.82, 2.24) is 15.0 Å². The SMILES string of the molecule is CCc1[nH]c(=O)c(-c2cc(Cl)ccc2F)cc1Nc1ccnc2[nH]ccc12. The summed E-state index contributed by atoms with van der Waals surface area (Å²) in [6.07, 6.45) is 4.11. The summed E-state index contributed by atoms with van der Waals surface area (Å²) in [5, 5.41) is 4.62. The van der Waals surface area contributed by atoms with Gasteiger partial charge in [-0.05, 0) is 42.8 Å². The zero-order valence-electron chi connectivity index (χ0n) is 14.4. The van der Waals surface area contributed by atoms with E-state index in [-0.39, 0.29) is 16.7 Å². The second kappa shape index (κ2) is 6.89. The van der Waals surface area contributed by atoms with Gasteiger partial charge < -0.3 is 15.3 Å². The highest BCUT2D eigenvalue weighted by molar-refractivity contribution is 6.30. The van der Waals surface area contributed by atoms with Crippen LogP contribution in [0.25, 0.3) is 22.2 Å². The second-order valence-electron chi connectivity index (χ2n) is 6.11. The predicted octanol–water partition coefficient (Wildman–Crippen LogP) is 5.02. The molecule has 136 valence electrons. The molecule has 5 nitrogen and oxygen atoms in total. The molecule has 0 fully saturated rings. The number of aromatic nitrogens is 3. The standard InChI is InChI=1S/C20H16ClFN4O/c1-2-16-18(25-17-6-8-24-19-12(17)5-7-23-19)10-14(20(27)26-16)13-9-11(21)3-4-15(13)22/h3-10H,2H2,1H3,(H,26,27)(H2,23,24,25). The molecule has 0 amide bonds. The van der Waals surface area contributed by atoms with Crippen LogP contribution in [-0.4, -0.2) is 15.0 Å². The molecule has 0 radical (unpaired) electrons. The van der Waals surface area contributed by atoms with E-state index in [1.54, 1.807) is 12.3 Å². The average Bonchev–Trinajstić information content (AvgIpc) is 3.15. The van der Waals surface area contributed by atoms with Crippen molar-refractivity contribution in [3.8, 4) is 11.1 Å². The smallest absolute Gasteiger partial charge is 0.256 e. The van der Waals surface area contributed by atoms with Crippen LogP contribution in [0.2, 0.25) is 5.02 Å². The van der Waals surface area contributed by atoms with Gasteiger partial charge in [-0.1, -0.05) is 18.5 Å². The van der Waals surface area contributed by atoms with Gasteiger partial charge in [0, 0.05) is 34.1 Å². The Balaban J connectivity index is 1.86. The third-order valence-electron chi connectivity index (χ3n) is 4.42. The Morgan fingerprint density at radius 2 is 2.00 bits per heavy atom. The largest absolute Gasteiger partial charge is 0.353 e. The van der Waals surface area contributed by atoms with Crippen molar-refractivity contribution in [3.05, 3.63) is 75.7 Å². The van der Waals surface area contributed by atoms with Crippen molar-refractivity contribution >= 4 is 34.0 Å². The fourth-order valence-corrected chi connectivity index (χ4v) is 3.25. The second-order valence-corrected chi connectivity index (χ2v) is 6.54. The lowest BCUT2D eigenvalue weighted by Crippen LogP contribution is -2.14. The van der Waals surface area contributed by atoms with Crippen molar-refractivity contribution in [2.75, 3.05) is 5.32 Å². The maximum Gasteiger partial charge on any atom is 0.256 e. The summed E-state index contributed by atoms with van der Waals surface area (Å²) in [7, 11) is 0. The number of nitrogens with zero attached hydrogens (tertiary/aromatic N) is 1. The lowest BCUT2D eigenvalue weighted by molar-refractivity contribution is 0.631. The summed E-state index contributed by atoms with van der Waals surface area (Å²) in [5.41, 5.74) is 3.03. The number of halogens is 2. The number of pyridine rings is 2. The molecule has 0 bridgehead atoms. The Labute approximate surface area is 159 Å². The van der Waals surface area contributed by atoms with Crippen LogP contribution >= 0.6 is 11.6 Å². The first-order valence-electron chi connectivity index (χ1n) is 8.47. The van der Waals surface area contributed by atoms with Crippen molar-refractivity contribution in [1.29, 1.82) is 0 Å². The van der Waals surface area contributed by atoms with Crippen LogP contribution in [0.4, 0.5) is 15.8 Å². The number of hydrogen-bond donors (Lipinski definition) is 3. The third kappa shape index (κ3) is 3.19. The minimum Gasteiger partial charge on any atom is -0.353 e. The van der Waals surface area contributed by atoms with E-state index < -0.39 is 5.82 Å². The maximum atomic E-state index is 14.3. The molecule has 7 heteroatoms. The highest BCUT2D eigenvalue weighted by Gasteiger charge is 2.14. The predicted molar refractivity (Wildman–Crippen MR) is 106 cm³/mol. The van der Waals surface area contributed by atoms with Crippen LogP contribution in [0.1, 0.15) is 12.6 Å². The van der Waals surface area contributed by atoms with Gasteiger partial charge in [0.25, 0.3) is 5.56 Å². The number of rotatable bonds is 4. The van der Waals surface area contributed by atoms with Crippen LogP contribution in [0, 0.1) is 5.82 Å². The zero-order chi connectivity index (χ0) is 19.0. The van der Waals surface area contributed by atoms with Gasteiger partial charge in [-0.3, -0.25) is 4.79 Å². The number of aromatic amines is 2. The number of benzene rings is 1. The molecule has 0 unspecified atom stereocenters. The highest BCUT2D eigenvalue weighted by atomic mass is 35.5. The first-order chi connectivity index (χ1) is 13.1. The quantitative estimate of drug-likeness (QED) is 0.464. The molecule has 3 heterocycles. The molecule has 0 spiro atoms. The van der Waals surface area contributed by atoms with Gasteiger partial charge in [0.15, 0.2) is 0 Å². The Bertz CT molecular complexity index is 1200. The summed E-state index contributed by atoms with van der Waals surface area (Å²) in [5.74, 6) is -0.503. The lowest BCUT2D eigenvalue weighted by Gasteiger charge is -2.14. The molecular formula is C20H16ClFN4O. The molecule has 0 aliphatic rings. The normalized spacial score (nSPS) is 11.1. The monoisotopic (exact) mass is 382 g/mol. The highest BCUT2D eigenvalue weighted by Crippen LogP contribution is 2.30. The molecule has 0 aliphatic carbocycles. The van der Waals surface area contributed by atoms with Gasteiger partial charge in [0.1, 0.15) is 11.5 Å². The van der Waals surface area contributed by atoms with E-state index in [2.05, 4.69) is 20.3 Å². The van der Waals surface area contributed by atoms with Crippen LogP contribution < -0.4 is 10.9 Å². The number of H-pyrrole nitrogens is 2. The number of hydrogen-bond acceptors (Lipinski definition) is 3. The van der Waals surface area contributed by atoms with E-state index in [4.69, 9.17) is 11.6 Å². The van der Waals surface area contributed by atoms with E-state index in [0.29, 0.717) is 17.1 Å². The van der Waals surface area contributed by atoms with Crippen molar-refractivity contribution in [2.45, 2.75) is 13.3 Å². The number of nitrogens with one attached hydrogen (secondary N) is 3. The summed E-state index contributed by atoms with van der Waals surface area (Å²) in [6, 6.07) is 9.58. The first-order valence-corrected chi connectivity index (χ1v) is 8.85. The Morgan fingerprint density at radius 1 is 1.15 bits per heavy atom. The van der Waals surface area contributed by atoms with E-state index >= 15 is 0 Å². The van der Waals surface area contributed by atoms with Crippen molar-refractivity contribution < 1.29 is 4.39 Å². The molecule has 0 saturated carbocycles. The lowest BCUT2D eigenvalue weighted by atomic mass is 10.0. The van der Waals surface area contributed by atoms with Crippen LogP contribution in [0.3, 0.4) is 0 Å². The average molecular weight is 383 g/mol. The van der Waals surface area contributed by atoms with Gasteiger partial charge in [-0.25, -0.2) is 9.37 Å². The summed E-state index contributed by atoms with van der Waals surface area (Å²) in [4.78, 5) is 22.7. The van der Waals surface area contributed by atoms with Gasteiger partial charge in [0.2, 0.25) is 0 Å². The summed E-state index contributed by atoms with van der Waals surface area (Å²) in [6.45, 7) is 1.94. The Morgan fingerprint density at radius 3 is 2.81 bits per heavy atom. The summed E-state index contributed by atoms with van der Waals surface area (Å²) >= 11 is 6.00. The topological polar surface area (TPSA) is 73.6 Å². The molecule has 3 N–H and O–H groups in total. The van der Waals surface area contributed by atoms with Crippen molar-refractivity contribution in [3.63, 3.8) is 0 Å². The molecule has 27 heavy (non-hydrogen) atoms. The van der Waals surface area contributed by atoms with Gasteiger partial charge >= 0.3 is 0 Å². The Hall–Kier alpha value is -3.12. The van der Waals surface area contributed by atoms with Crippen LogP contribution in [0.15, 0.2) is 53.6 Å². The van der Waals surface area contributed by atoms with E-state index in [1.807, 2.05) is 25.3 Å². The van der Waals surface area contributed by atoms with Gasteiger partial charge in [0.05, 0.1) is 16.9 Å². The molecule has 3 aromatic heterocycles. The number of fused-ring (bicyclic) bond motifs is 1. The van der Waals surface area contributed by atoms with Gasteiger partial charge in [-0.2, -0.15) is 0 Å². The molecule has 4 aromatic rings. The first kappa shape index (κ1) is 17.3. The molecular weight excluding hydrogens is 367 g/mol. The number of aryl methyl sites for hydroxylation is 1. The minimum atomic E-state index is -0.503. The molecule has 1 aromatic carbocycles. The molecule has 0 aliphatic heterocycles. The van der Waals surface area contributed by atoms with Crippen molar-refractivity contribution in [2.24, 2.45) is 0 Å². The number of anilines is 2. The minimum absolute atomic E-state index is 0.163. The Kier molecular flexibility index (Phi) is 4.41. The van der Waals surface area contributed by atoms with Crippen LogP contribution in [0.5, 0.6) is 0 Å². The fourth-order valence-electron chi connectivity index (χ4n) is 3.08. The third-order valence-corrected chi connectivity index (χ3v) is 4.66. The summed E-state index contributed by atoms with van der Waals surface area (Å²) < 4.78 is 14.3. The zero-order valence-corrected chi connectivity index (χ0v) is 15.2. The van der Waals surface area contributed by atoms with E-state index in [1.165, 1.54) is 18.2 Å². The molecule has 4 rings (SSSR count). The molecule has 0 atom stereocenters. The van der Waals surface area contributed by atoms with Gasteiger partial charge in [-0.15, -0.1) is 0 Å². The maximum absolute atomic E-state index is 14.3.